The standard InChI is InChI=1S/C24H41NO3/c1-2-3-4-5-6-7-8-9-10-11-12-13-14-15-16-17-19-25-20-18-23(27)24(28)22(25)21-26/h18,20-21,28H,2-17,19H2,1H3. The van der Waals surface area contributed by atoms with Crippen LogP contribution in [0.15, 0.2) is 17.1 Å². The van der Waals surface area contributed by atoms with Gasteiger partial charge in [-0.2, -0.15) is 0 Å². The van der Waals surface area contributed by atoms with Gasteiger partial charge in [0, 0.05) is 18.8 Å². The van der Waals surface area contributed by atoms with E-state index in [1.807, 2.05) is 0 Å². The molecule has 4 heteroatoms. The Morgan fingerprint density at radius 2 is 1.21 bits per heavy atom. The predicted molar refractivity (Wildman–Crippen MR) is 117 cm³/mol. The van der Waals surface area contributed by atoms with Crippen molar-refractivity contribution in [2.45, 2.75) is 116 Å². The lowest BCUT2D eigenvalue weighted by Gasteiger charge is -2.10. The Morgan fingerprint density at radius 1 is 0.786 bits per heavy atom. The van der Waals surface area contributed by atoms with E-state index in [0.717, 1.165) is 12.8 Å². The second-order valence-corrected chi connectivity index (χ2v) is 8.03. The largest absolute Gasteiger partial charge is 0.503 e. The molecule has 0 aliphatic carbocycles. The minimum absolute atomic E-state index is 0.0912. The van der Waals surface area contributed by atoms with Crippen molar-refractivity contribution in [3.63, 3.8) is 0 Å². The molecule has 0 atom stereocenters. The van der Waals surface area contributed by atoms with Crippen LogP contribution in [-0.2, 0) is 6.54 Å². The van der Waals surface area contributed by atoms with Crippen molar-refractivity contribution in [1.82, 2.24) is 4.57 Å². The SMILES string of the molecule is CCCCCCCCCCCCCCCCCCn1ccc(=O)c(O)c1C=O. The lowest BCUT2D eigenvalue weighted by atomic mass is 10.0. The minimum atomic E-state index is -0.495. The third-order valence-electron chi connectivity index (χ3n) is 5.56. The van der Waals surface area contributed by atoms with E-state index in [4.69, 9.17) is 0 Å². The Balaban J connectivity index is 1.92. The summed E-state index contributed by atoms with van der Waals surface area (Å²) < 4.78 is 1.67. The maximum absolute atomic E-state index is 11.4. The molecule has 160 valence electrons. The number of unbranched alkanes of at least 4 members (excludes halogenated alkanes) is 15. The van der Waals surface area contributed by atoms with E-state index in [2.05, 4.69) is 6.92 Å². The molecule has 0 fully saturated rings. The summed E-state index contributed by atoms with van der Waals surface area (Å²) in [6.07, 6.45) is 23.4. The van der Waals surface area contributed by atoms with E-state index in [-0.39, 0.29) is 5.69 Å². The molecule has 0 saturated carbocycles. The Labute approximate surface area is 171 Å². The number of carbonyl (C=O) groups is 1. The van der Waals surface area contributed by atoms with E-state index < -0.39 is 11.2 Å². The first kappa shape index (κ1) is 24.5. The minimum Gasteiger partial charge on any atom is -0.503 e. The van der Waals surface area contributed by atoms with Gasteiger partial charge in [-0.05, 0) is 6.42 Å². The van der Waals surface area contributed by atoms with Crippen LogP contribution in [-0.4, -0.2) is 16.0 Å². The number of hydrogen-bond acceptors (Lipinski definition) is 3. The van der Waals surface area contributed by atoms with Crippen molar-refractivity contribution in [3.8, 4) is 5.75 Å². The number of aromatic nitrogens is 1. The summed E-state index contributed by atoms with van der Waals surface area (Å²) in [6.45, 7) is 2.94. The zero-order chi connectivity index (χ0) is 20.5. The third-order valence-corrected chi connectivity index (χ3v) is 5.56. The van der Waals surface area contributed by atoms with E-state index >= 15 is 0 Å². The predicted octanol–water partition coefficient (Wildman–Crippen LogP) is 6.63. The van der Waals surface area contributed by atoms with Crippen molar-refractivity contribution in [2.24, 2.45) is 0 Å². The van der Waals surface area contributed by atoms with Crippen LogP contribution in [0.4, 0.5) is 0 Å². The van der Waals surface area contributed by atoms with E-state index in [1.54, 1.807) is 10.8 Å². The zero-order valence-electron chi connectivity index (χ0n) is 18.0. The summed E-state index contributed by atoms with van der Waals surface area (Å²) in [7, 11) is 0. The average Bonchev–Trinajstić information content (AvgIpc) is 2.70. The molecule has 1 aromatic heterocycles. The van der Waals surface area contributed by atoms with Gasteiger partial charge in [0.05, 0.1) is 0 Å². The second-order valence-electron chi connectivity index (χ2n) is 8.03. The number of rotatable bonds is 18. The highest BCUT2D eigenvalue weighted by Crippen LogP contribution is 2.14. The van der Waals surface area contributed by atoms with Crippen LogP contribution in [0.25, 0.3) is 0 Å². The van der Waals surface area contributed by atoms with Gasteiger partial charge in [0.25, 0.3) is 0 Å². The molecule has 0 radical (unpaired) electrons. The van der Waals surface area contributed by atoms with Gasteiger partial charge >= 0.3 is 0 Å². The summed E-state index contributed by atoms with van der Waals surface area (Å²) >= 11 is 0. The summed E-state index contributed by atoms with van der Waals surface area (Å²) in [6, 6.07) is 1.31. The molecule has 0 bridgehead atoms. The van der Waals surface area contributed by atoms with Gasteiger partial charge in [0.2, 0.25) is 5.43 Å². The van der Waals surface area contributed by atoms with Gasteiger partial charge < -0.3 is 9.67 Å². The lowest BCUT2D eigenvalue weighted by molar-refractivity contribution is 0.111. The van der Waals surface area contributed by atoms with Crippen LogP contribution >= 0.6 is 0 Å². The highest BCUT2D eigenvalue weighted by Gasteiger charge is 2.08. The normalized spacial score (nSPS) is 11.0. The molecular formula is C24H41NO3. The van der Waals surface area contributed by atoms with Gasteiger partial charge in [0.1, 0.15) is 5.69 Å². The Hall–Kier alpha value is -1.58. The van der Waals surface area contributed by atoms with Gasteiger partial charge in [-0.15, -0.1) is 0 Å². The maximum atomic E-state index is 11.4. The molecule has 1 heterocycles. The van der Waals surface area contributed by atoms with E-state index in [9.17, 15) is 14.7 Å². The molecule has 0 spiro atoms. The summed E-state index contributed by atoms with van der Waals surface area (Å²) in [5.74, 6) is -0.436. The lowest BCUT2D eigenvalue weighted by Crippen LogP contribution is -2.12. The van der Waals surface area contributed by atoms with Crippen LogP contribution in [0, 0.1) is 0 Å². The van der Waals surface area contributed by atoms with Crippen LogP contribution in [0.2, 0.25) is 0 Å². The fourth-order valence-electron chi connectivity index (χ4n) is 3.73. The average molecular weight is 392 g/mol. The zero-order valence-corrected chi connectivity index (χ0v) is 18.0. The molecule has 0 aromatic carbocycles. The first-order chi connectivity index (χ1) is 13.7. The number of pyridine rings is 1. The van der Waals surface area contributed by atoms with E-state index in [1.165, 1.54) is 96.0 Å². The van der Waals surface area contributed by atoms with Crippen molar-refractivity contribution < 1.29 is 9.90 Å². The molecule has 0 aliphatic rings. The first-order valence-corrected chi connectivity index (χ1v) is 11.6. The quantitative estimate of drug-likeness (QED) is 0.226. The van der Waals surface area contributed by atoms with Gasteiger partial charge in [-0.3, -0.25) is 9.59 Å². The van der Waals surface area contributed by atoms with Crippen molar-refractivity contribution in [3.05, 3.63) is 28.2 Å². The number of aldehydes is 1. The molecule has 1 N–H and O–H groups in total. The number of hydrogen-bond donors (Lipinski definition) is 1. The summed E-state index contributed by atoms with van der Waals surface area (Å²) in [5.41, 5.74) is -0.404. The van der Waals surface area contributed by atoms with Crippen LogP contribution in [0.1, 0.15) is 120 Å². The Morgan fingerprint density at radius 3 is 1.64 bits per heavy atom. The third kappa shape index (κ3) is 10.7. The highest BCUT2D eigenvalue weighted by atomic mass is 16.3. The molecule has 28 heavy (non-hydrogen) atoms. The number of nitrogens with zero attached hydrogens (tertiary/aromatic N) is 1. The highest BCUT2D eigenvalue weighted by molar-refractivity contribution is 5.76. The fraction of sp³-hybridized carbons (Fsp3) is 0.750. The van der Waals surface area contributed by atoms with Crippen molar-refractivity contribution in [2.75, 3.05) is 0 Å². The van der Waals surface area contributed by atoms with Gasteiger partial charge in [0.15, 0.2) is 12.0 Å². The Bertz CT molecular complexity index is 580. The molecule has 1 aromatic rings. The topological polar surface area (TPSA) is 59.3 Å². The smallest absolute Gasteiger partial charge is 0.223 e. The number of carbonyl (C=O) groups excluding carboxylic acids is 1. The molecule has 4 nitrogen and oxygen atoms in total. The second kappa shape index (κ2) is 16.4. The molecule has 0 aliphatic heterocycles. The molecule has 0 saturated heterocycles. The van der Waals surface area contributed by atoms with Gasteiger partial charge in [-0.25, -0.2) is 0 Å². The summed E-state index contributed by atoms with van der Waals surface area (Å²) in [5, 5.41) is 9.65. The van der Waals surface area contributed by atoms with Crippen LogP contribution in [0.3, 0.4) is 0 Å². The monoisotopic (exact) mass is 391 g/mol. The molecule has 0 unspecified atom stereocenters. The molecule has 1 rings (SSSR count). The Kier molecular flexibility index (Phi) is 14.3. The van der Waals surface area contributed by atoms with Crippen LogP contribution in [0.5, 0.6) is 5.75 Å². The molecule has 0 amide bonds. The van der Waals surface area contributed by atoms with Crippen molar-refractivity contribution >= 4 is 6.29 Å². The van der Waals surface area contributed by atoms with Gasteiger partial charge in [-0.1, -0.05) is 103 Å². The maximum Gasteiger partial charge on any atom is 0.223 e. The number of aryl methyl sites for hydroxylation is 1. The molecular weight excluding hydrogens is 350 g/mol. The summed E-state index contributed by atoms with van der Waals surface area (Å²) in [4.78, 5) is 22.4. The van der Waals surface area contributed by atoms with E-state index in [0.29, 0.717) is 12.8 Å². The van der Waals surface area contributed by atoms with Crippen LogP contribution < -0.4 is 5.43 Å². The first-order valence-electron chi connectivity index (χ1n) is 11.6. The van der Waals surface area contributed by atoms with Crippen molar-refractivity contribution in [1.29, 1.82) is 0 Å². The number of aromatic hydroxyl groups is 1. The fourth-order valence-corrected chi connectivity index (χ4v) is 3.73.